The molecule has 10 heteroatoms. The quantitative estimate of drug-likeness (QED) is 0.0211. The van der Waals surface area contributed by atoms with Gasteiger partial charge in [-0.1, -0.05) is 243 Å². The van der Waals surface area contributed by atoms with Crippen molar-refractivity contribution in [3.05, 3.63) is 146 Å². The lowest BCUT2D eigenvalue weighted by molar-refractivity contribution is -0.870. The summed E-state index contributed by atoms with van der Waals surface area (Å²) in [6, 6.07) is 0. The van der Waals surface area contributed by atoms with E-state index in [0.717, 1.165) is 141 Å². The first-order chi connectivity index (χ1) is 39.0. The molecule has 0 radical (unpaired) electrons. The van der Waals surface area contributed by atoms with Gasteiger partial charge in [0, 0.05) is 12.8 Å². The number of phosphoric acid groups is 1. The maximum atomic E-state index is 12.8. The Kier molecular flexibility index (Phi) is 56.5. The summed E-state index contributed by atoms with van der Waals surface area (Å²) in [5.41, 5.74) is 0. The smallest absolute Gasteiger partial charge is 0.462 e. The Bertz CT molecular complexity index is 1860. The Hall–Kier alpha value is -4.11. The van der Waals surface area contributed by atoms with Gasteiger partial charge in [-0.15, -0.1) is 0 Å². The highest BCUT2D eigenvalue weighted by molar-refractivity contribution is 7.47. The number of unbranched alkanes of at least 4 members (excludes halogenated alkanes) is 18. The van der Waals surface area contributed by atoms with Gasteiger partial charge in [0.25, 0.3) is 0 Å². The van der Waals surface area contributed by atoms with E-state index in [0.29, 0.717) is 17.4 Å². The van der Waals surface area contributed by atoms with Crippen LogP contribution < -0.4 is 0 Å². The van der Waals surface area contributed by atoms with E-state index in [1.165, 1.54) is 57.8 Å². The summed E-state index contributed by atoms with van der Waals surface area (Å²) in [5.74, 6) is -0.827. The van der Waals surface area contributed by atoms with Crippen molar-refractivity contribution in [1.29, 1.82) is 0 Å². The van der Waals surface area contributed by atoms with Crippen molar-refractivity contribution >= 4 is 19.8 Å². The molecular weight excluding hydrogens is 1010 g/mol. The second kappa shape index (κ2) is 59.5. The van der Waals surface area contributed by atoms with Gasteiger partial charge in [0.05, 0.1) is 27.7 Å². The van der Waals surface area contributed by atoms with Crippen LogP contribution >= 0.6 is 7.82 Å². The van der Waals surface area contributed by atoms with Crippen LogP contribution in [0.4, 0.5) is 0 Å². The number of phosphoric ester groups is 1. The van der Waals surface area contributed by atoms with Gasteiger partial charge < -0.3 is 18.9 Å². The largest absolute Gasteiger partial charge is 0.472 e. The van der Waals surface area contributed by atoms with E-state index in [2.05, 4.69) is 160 Å². The van der Waals surface area contributed by atoms with Gasteiger partial charge in [-0.3, -0.25) is 18.6 Å². The molecule has 80 heavy (non-hydrogen) atoms. The highest BCUT2D eigenvalue weighted by atomic mass is 31.2. The summed E-state index contributed by atoms with van der Waals surface area (Å²) >= 11 is 0. The van der Waals surface area contributed by atoms with Gasteiger partial charge in [-0.25, -0.2) is 4.57 Å². The molecule has 0 aromatic carbocycles. The summed E-state index contributed by atoms with van der Waals surface area (Å²) in [6.45, 7) is 4.26. The molecular formula is C70H117NO8P+. The van der Waals surface area contributed by atoms with Crippen LogP contribution in [0.15, 0.2) is 146 Å². The van der Waals surface area contributed by atoms with E-state index < -0.39 is 26.5 Å². The number of esters is 2. The van der Waals surface area contributed by atoms with Crippen LogP contribution in [0.25, 0.3) is 0 Å². The van der Waals surface area contributed by atoms with Crippen molar-refractivity contribution in [3.8, 4) is 0 Å². The lowest BCUT2D eigenvalue weighted by atomic mass is 10.1. The van der Waals surface area contributed by atoms with Crippen LogP contribution in [0.3, 0.4) is 0 Å². The zero-order valence-electron chi connectivity index (χ0n) is 51.5. The molecule has 0 spiro atoms. The van der Waals surface area contributed by atoms with Crippen molar-refractivity contribution in [3.63, 3.8) is 0 Å². The maximum absolute atomic E-state index is 12.8. The van der Waals surface area contributed by atoms with Crippen molar-refractivity contribution in [1.82, 2.24) is 0 Å². The Morgan fingerprint density at radius 3 is 1.06 bits per heavy atom. The number of nitrogens with zero attached hydrogens (tertiary/aromatic N) is 1. The normalized spacial score (nSPS) is 14.2. The first-order valence-corrected chi connectivity index (χ1v) is 33.1. The number of quaternary nitrogens is 1. The van der Waals surface area contributed by atoms with E-state index in [1.807, 2.05) is 21.1 Å². The number of allylic oxidation sites excluding steroid dienone is 24. The van der Waals surface area contributed by atoms with E-state index in [-0.39, 0.29) is 32.0 Å². The first-order valence-electron chi connectivity index (χ1n) is 31.6. The summed E-state index contributed by atoms with van der Waals surface area (Å²) in [7, 11) is 1.44. The number of hydrogen-bond donors (Lipinski definition) is 1. The second-order valence-electron chi connectivity index (χ2n) is 21.7. The minimum Gasteiger partial charge on any atom is -0.462 e. The van der Waals surface area contributed by atoms with Gasteiger partial charge in [-0.05, 0) is 122 Å². The number of rotatable bonds is 56. The molecule has 0 saturated carbocycles. The van der Waals surface area contributed by atoms with E-state index in [9.17, 15) is 19.0 Å². The van der Waals surface area contributed by atoms with Crippen molar-refractivity contribution in [2.75, 3.05) is 47.5 Å². The zero-order chi connectivity index (χ0) is 58.4. The molecule has 0 aliphatic rings. The molecule has 0 rings (SSSR count). The zero-order valence-corrected chi connectivity index (χ0v) is 52.4. The number of carbonyl (C=O) groups is 2. The van der Waals surface area contributed by atoms with Crippen LogP contribution in [0.5, 0.6) is 0 Å². The fourth-order valence-corrected chi connectivity index (χ4v) is 8.76. The molecule has 0 amide bonds. The predicted molar refractivity (Wildman–Crippen MR) is 343 cm³/mol. The van der Waals surface area contributed by atoms with E-state index in [1.54, 1.807) is 0 Å². The summed E-state index contributed by atoms with van der Waals surface area (Å²) < 4.78 is 34.6. The maximum Gasteiger partial charge on any atom is 0.472 e. The number of ether oxygens (including phenoxy) is 2. The summed E-state index contributed by atoms with van der Waals surface area (Å²) in [6.07, 6.45) is 87.8. The minimum atomic E-state index is -4.40. The number of likely N-dealkylation sites (N-methyl/N-ethyl adjacent to an activating group) is 1. The average Bonchev–Trinajstić information content (AvgIpc) is 3.42. The Balaban J connectivity index is 4.20. The summed E-state index contributed by atoms with van der Waals surface area (Å²) in [4.78, 5) is 35.7. The van der Waals surface area contributed by atoms with Crippen molar-refractivity contribution in [2.45, 2.75) is 238 Å². The SMILES string of the molecule is CC/C=C\C/C=C\C/C=C\C/C=C\C/C=C\C/C=C\C/C=C\C/C=C\C/C=C\C/C=C\CCCCCCCCC(=O)OC(COC(=O)CCCCCCCCCCC/C=C\C/C=C\CCCCC)COP(=O)(O)OCC[N+](C)(C)C. The van der Waals surface area contributed by atoms with Crippen LogP contribution in [-0.4, -0.2) is 74.9 Å². The third kappa shape index (κ3) is 63.1. The molecule has 0 saturated heterocycles. The van der Waals surface area contributed by atoms with Gasteiger partial charge in [0.15, 0.2) is 6.10 Å². The second-order valence-corrected chi connectivity index (χ2v) is 23.2. The van der Waals surface area contributed by atoms with Crippen LogP contribution in [0, 0.1) is 0 Å². The highest BCUT2D eigenvalue weighted by Gasteiger charge is 2.27. The minimum absolute atomic E-state index is 0.0202. The lowest BCUT2D eigenvalue weighted by Crippen LogP contribution is -2.37. The molecule has 0 bridgehead atoms. The number of carbonyl (C=O) groups excluding carboxylic acids is 2. The van der Waals surface area contributed by atoms with Crippen LogP contribution in [0.1, 0.15) is 232 Å². The predicted octanol–water partition coefficient (Wildman–Crippen LogP) is 20.3. The van der Waals surface area contributed by atoms with Gasteiger partial charge in [0.1, 0.15) is 19.8 Å². The van der Waals surface area contributed by atoms with Gasteiger partial charge >= 0.3 is 19.8 Å². The first kappa shape index (κ1) is 75.9. The molecule has 0 aromatic rings. The van der Waals surface area contributed by atoms with E-state index in [4.69, 9.17) is 18.5 Å². The molecule has 0 aromatic heterocycles. The topological polar surface area (TPSA) is 108 Å². The lowest BCUT2D eigenvalue weighted by Gasteiger charge is -2.24. The van der Waals surface area contributed by atoms with Crippen LogP contribution in [0.2, 0.25) is 0 Å². The fraction of sp³-hybridized carbons (Fsp3) is 0.629. The third-order valence-electron chi connectivity index (χ3n) is 12.9. The monoisotopic (exact) mass is 1130 g/mol. The highest BCUT2D eigenvalue weighted by Crippen LogP contribution is 2.43. The molecule has 2 atom stereocenters. The Labute approximate surface area is 491 Å². The molecule has 9 nitrogen and oxygen atoms in total. The standard InChI is InChI=1S/C70H116NO8P/c1-6-8-10-12-14-16-18-20-22-24-26-27-28-29-30-31-32-33-34-35-36-37-38-39-40-41-42-43-45-47-49-51-53-55-57-59-61-63-70(73)79-68(67-78-80(74,75)77-65-64-71(3,4)5)66-76-69(72)62-60-58-56-54-52-50-48-46-44-25-23-21-19-17-15-13-11-9-7-2/h8,10,14-17,20-23,26-27,29-30,32-33,35-36,38-39,41-42,45,47,68H,6-7,9,11-13,18-19,24-25,28,31,34,37,40,43-44,46,48-67H2,1-5H3/p+1/b10-8-,16-14-,17-15-,22-20-,23-21-,27-26-,30-29-,33-32-,36-35-,39-38-,42-41-,47-45-. The van der Waals surface area contributed by atoms with Gasteiger partial charge in [0.2, 0.25) is 0 Å². The van der Waals surface area contributed by atoms with Crippen molar-refractivity contribution in [2.24, 2.45) is 0 Å². The fourth-order valence-electron chi connectivity index (χ4n) is 8.01. The molecule has 454 valence electrons. The Morgan fingerprint density at radius 1 is 0.400 bits per heavy atom. The molecule has 0 heterocycles. The number of hydrogen-bond acceptors (Lipinski definition) is 7. The Morgan fingerprint density at radius 2 is 0.713 bits per heavy atom. The van der Waals surface area contributed by atoms with Gasteiger partial charge in [-0.2, -0.15) is 0 Å². The summed E-state index contributed by atoms with van der Waals surface area (Å²) in [5, 5.41) is 0. The molecule has 1 N–H and O–H groups in total. The average molecular weight is 1130 g/mol. The molecule has 0 aliphatic carbocycles. The van der Waals surface area contributed by atoms with Crippen LogP contribution in [-0.2, 0) is 32.7 Å². The third-order valence-corrected chi connectivity index (χ3v) is 13.8. The van der Waals surface area contributed by atoms with E-state index >= 15 is 0 Å². The van der Waals surface area contributed by atoms with Crippen molar-refractivity contribution < 1.29 is 42.1 Å². The molecule has 0 fully saturated rings. The molecule has 0 aliphatic heterocycles. The molecule has 2 unspecified atom stereocenters.